The van der Waals surface area contributed by atoms with Gasteiger partial charge in [-0.2, -0.15) is 0 Å². The topological polar surface area (TPSA) is 0 Å². The minimum atomic E-state index is -2.19. The molecule has 0 bridgehead atoms. The predicted molar refractivity (Wildman–Crippen MR) is 94.3 cm³/mol. The zero-order chi connectivity index (χ0) is 17.4. The molecule has 2 aromatic rings. The van der Waals surface area contributed by atoms with Gasteiger partial charge in [0.2, 0.25) is 5.00 Å². The molecule has 3 rings (SSSR count). The summed E-state index contributed by atoms with van der Waals surface area (Å²) in [5, 5.41) is -2.26. The number of hydrogen-bond donors (Lipinski definition) is 0. The van der Waals surface area contributed by atoms with Gasteiger partial charge in [-0.25, -0.2) is 13.2 Å². The van der Waals surface area contributed by atoms with Crippen molar-refractivity contribution in [2.24, 2.45) is 0 Å². The molecule has 2 unspecified atom stereocenters. The van der Waals surface area contributed by atoms with E-state index in [1.165, 1.54) is 36.6 Å². The van der Waals surface area contributed by atoms with Crippen molar-refractivity contribution in [2.45, 2.75) is 10.4 Å². The van der Waals surface area contributed by atoms with E-state index in [4.69, 9.17) is 11.6 Å². The van der Waals surface area contributed by atoms with E-state index in [1.807, 2.05) is 30.3 Å². The molecule has 0 aromatic heterocycles. The molecule has 0 radical (unpaired) electrons. The lowest BCUT2D eigenvalue weighted by molar-refractivity contribution is 0.335. The van der Waals surface area contributed by atoms with Crippen molar-refractivity contribution in [3.05, 3.63) is 94.6 Å². The summed E-state index contributed by atoms with van der Waals surface area (Å²) in [7, 11) is 0. The molecule has 5 heteroatoms. The maximum Gasteiger partial charge on any atom is 0.225 e. The van der Waals surface area contributed by atoms with Gasteiger partial charge in [-0.3, -0.25) is 0 Å². The third kappa shape index (κ3) is 2.78. The highest BCUT2D eigenvalue weighted by Gasteiger charge is 2.42. The molecule has 124 valence electrons. The van der Waals surface area contributed by atoms with Crippen molar-refractivity contribution in [1.29, 1.82) is 0 Å². The third-order valence-electron chi connectivity index (χ3n) is 4.19. The average Bonchev–Trinajstić information content (AvgIpc) is 2.60. The monoisotopic (exact) mass is 366 g/mol. The zero-order valence-electron chi connectivity index (χ0n) is 12.8. The van der Waals surface area contributed by atoms with E-state index in [1.54, 1.807) is 6.08 Å². The first-order valence-electron chi connectivity index (χ1n) is 7.26. The van der Waals surface area contributed by atoms with Crippen LogP contribution in [-0.4, -0.2) is 11.3 Å². The number of benzene rings is 2. The molecule has 0 aliphatic heterocycles. The molecule has 24 heavy (non-hydrogen) atoms. The molecule has 1 aliphatic rings. The van der Waals surface area contributed by atoms with Crippen LogP contribution in [0.3, 0.4) is 0 Å². The number of thioether (sulfide) groups is 1. The Morgan fingerprint density at radius 1 is 0.958 bits per heavy atom. The summed E-state index contributed by atoms with van der Waals surface area (Å²) in [6, 6.07) is 13.3. The lowest BCUT2D eigenvalue weighted by atomic mass is 9.72. The maximum absolute atomic E-state index is 14.6. The van der Waals surface area contributed by atoms with Gasteiger partial charge >= 0.3 is 0 Å². The number of rotatable bonds is 3. The van der Waals surface area contributed by atoms with Crippen LogP contribution in [0.2, 0.25) is 5.02 Å². The van der Waals surface area contributed by atoms with E-state index < -0.39 is 22.1 Å². The van der Waals surface area contributed by atoms with Crippen molar-refractivity contribution in [3.8, 4) is 0 Å². The smallest absolute Gasteiger partial charge is 0.219 e. The first kappa shape index (κ1) is 17.2. The van der Waals surface area contributed by atoms with Crippen LogP contribution in [0.4, 0.5) is 13.2 Å². The molecule has 1 aliphatic carbocycles. The minimum absolute atomic E-state index is 0.0630. The highest BCUT2D eigenvalue weighted by Crippen LogP contribution is 2.47. The molecule has 2 atom stereocenters. The van der Waals surface area contributed by atoms with Gasteiger partial charge in [0.1, 0.15) is 11.6 Å². The minimum Gasteiger partial charge on any atom is -0.219 e. The second-order valence-corrected chi connectivity index (χ2v) is 6.95. The maximum atomic E-state index is 14.6. The van der Waals surface area contributed by atoms with Gasteiger partial charge in [0.05, 0.1) is 10.4 Å². The molecule has 0 nitrogen and oxygen atoms in total. The van der Waals surface area contributed by atoms with Crippen LogP contribution < -0.4 is 0 Å². The molecule has 0 saturated carbocycles. The van der Waals surface area contributed by atoms with Crippen molar-refractivity contribution >= 4 is 23.4 Å². The van der Waals surface area contributed by atoms with Gasteiger partial charge in [-0.1, -0.05) is 54.1 Å². The normalized spacial score (nSPS) is 26.3. The van der Waals surface area contributed by atoms with Gasteiger partial charge in [-0.15, -0.1) is 11.8 Å². The van der Waals surface area contributed by atoms with Gasteiger partial charge in [0.25, 0.3) is 0 Å². The van der Waals surface area contributed by atoms with Crippen molar-refractivity contribution in [2.75, 3.05) is 6.26 Å². The van der Waals surface area contributed by atoms with Crippen LogP contribution in [-0.2, 0) is 5.41 Å². The van der Waals surface area contributed by atoms with Gasteiger partial charge in [0, 0.05) is 0 Å². The highest BCUT2D eigenvalue weighted by atomic mass is 35.5. The summed E-state index contributed by atoms with van der Waals surface area (Å²) in [6.45, 7) is 0. The van der Waals surface area contributed by atoms with Crippen LogP contribution in [0, 0.1) is 5.82 Å². The van der Waals surface area contributed by atoms with Crippen LogP contribution in [0.1, 0.15) is 11.1 Å². The summed E-state index contributed by atoms with van der Waals surface area (Å²) in [5.41, 5.74) is 0.255. The molecular weight excluding hydrogens is 353 g/mol. The Hall–Kier alpha value is -1.65. The summed E-state index contributed by atoms with van der Waals surface area (Å²) in [4.78, 5) is 0. The molecule has 0 spiro atoms. The number of allylic oxidation sites excluding steroid dienone is 2. The first-order chi connectivity index (χ1) is 11.4. The Kier molecular flexibility index (Phi) is 4.54. The summed E-state index contributed by atoms with van der Waals surface area (Å²) < 4.78 is 42.7. The first-order valence-corrected chi connectivity index (χ1v) is 8.86. The zero-order valence-corrected chi connectivity index (χ0v) is 14.3. The Morgan fingerprint density at radius 3 is 2.25 bits per heavy atom. The lowest BCUT2D eigenvalue weighted by Gasteiger charge is -2.35. The lowest BCUT2D eigenvalue weighted by Crippen LogP contribution is -2.31. The summed E-state index contributed by atoms with van der Waals surface area (Å²) in [5.74, 6) is -1.45. The molecule has 0 heterocycles. The van der Waals surface area contributed by atoms with E-state index >= 15 is 0 Å². The SMILES string of the molecule is CSC1(F)C=CC(c2ccccc2)(c2ccc(F)c(Cl)c2)C=C1F. The molecule has 0 fully saturated rings. The van der Waals surface area contributed by atoms with E-state index in [9.17, 15) is 13.2 Å². The molecule has 0 saturated heterocycles. The van der Waals surface area contributed by atoms with E-state index in [0.29, 0.717) is 5.56 Å². The number of alkyl halides is 1. The van der Waals surface area contributed by atoms with E-state index in [0.717, 1.165) is 17.3 Å². The van der Waals surface area contributed by atoms with E-state index in [-0.39, 0.29) is 5.02 Å². The van der Waals surface area contributed by atoms with Crippen molar-refractivity contribution in [1.82, 2.24) is 0 Å². The van der Waals surface area contributed by atoms with E-state index in [2.05, 4.69) is 0 Å². The number of hydrogen-bond acceptors (Lipinski definition) is 1. The second kappa shape index (κ2) is 6.34. The Labute approximate surface area is 148 Å². The molecule has 2 aromatic carbocycles. The van der Waals surface area contributed by atoms with Crippen LogP contribution in [0.25, 0.3) is 0 Å². The van der Waals surface area contributed by atoms with Crippen LogP contribution in [0.5, 0.6) is 0 Å². The standard InChI is InChI=1S/C19H14ClF3S/c1-24-19(23)10-9-18(12-17(19)22,13-5-3-2-4-6-13)14-7-8-16(21)15(20)11-14/h2-12H,1H3. The summed E-state index contributed by atoms with van der Waals surface area (Å²) in [6.07, 6.45) is 5.55. The predicted octanol–water partition coefficient (Wildman–Crippen LogP) is 6.22. The second-order valence-electron chi connectivity index (χ2n) is 5.54. The average molecular weight is 367 g/mol. The fourth-order valence-corrected chi connectivity index (χ4v) is 3.46. The largest absolute Gasteiger partial charge is 0.225 e. The number of halogens is 4. The van der Waals surface area contributed by atoms with Crippen molar-refractivity contribution < 1.29 is 13.2 Å². The molecular formula is C19H14ClF3S. The fraction of sp³-hybridized carbons (Fsp3) is 0.158. The third-order valence-corrected chi connectivity index (χ3v) is 5.40. The Bertz CT molecular complexity index is 819. The summed E-state index contributed by atoms with van der Waals surface area (Å²) >= 11 is 6.68. The Morgan fingerprint density at radius 2 is 1.67 bits per heavy atom. The molecule has 0 amide bonds. The molecule has 0 N–H and O–H groups in total. The Balaban J connectivity index is 2.25. The highest BCUT2D eigenvalue weighted by molar-refractivity contribution is 8.00. The quantitative estimate of drug-likeness (QED) is 0.581. The van der Waals surface area contributed by atoms with Crippen LogP contribution >= 0.6 is 23.4 Å². The van der Waals surface area contributed by atoms with Gasteiger partial charge in [0.15, 0.2) is 0 Å². The van der Waals surface area contributed by atoms with Gasteiger partial charge in [-0.05, 0) is 41.7 Å². The van der Waals surface area contributed by atoms with Crippen molar-refractivity contribution in [3.63, 3.8) is 0 Å². The van der Waals surface area contributed by atoms with Gasteiger partial charge < -0.3 is 0 Å². The fourth-order valence-electron chi connectivity index (χ4n) is 2.82. The van der Waals surface area contributed by atoms with Crippen LogP contribution in [0.15, 0.2) is 72.6 Å².